The van der Waals surface area contributed by atoms with E-state index < -0.39 is 11.6 Å². The van der Waals surface area contributed by atoms with Gasteiger partial charge in [-0.25, -0.2) is 0 Å². The van der Waals surface area contributed by atoms with Gasteiger partial charge in [0, 0.05) is 5.02 Å². The summed E-state index contributed by atoms with van der Waals surface area (Å²) in [4.78, 5) is 11.7. The molecule has 0 fully saturated rings. The highest BCUT2D eigenvalue weighted by Crippen LogP contribution is 2.13. The predicted octanol–water partition coefficient (Wildman–Crippen LogP) is 2.55. The van der Waals surface area contributed by atoms with Crippen molar-refractivity contribution in [2.75, 3.05) is 0 Å². The Kier molecular flexibility index (Phi) is 4.54. The van der Waals surface area contributed by atoms with Crippen LogP contribution in [-0.4, -0.2) is 17.6 Å². The standard InChI is InChI=1S/C13H18ClNO2/c1-13(2,3)17-12(16)11(15)8-9-4-6-10(14)7-5-9/h4-7,11H,8,15H2,1-3H3/t11-/m0/s1. The van der Waals surface area contributed by atoms with Crippen LogP contribution in [0.1, 0.15) is 26.3 Å². The van der Waals surface area contributed by atoms with Crippen LogP contribution >= 0.6 is 11.6 Å². The van der Waals surface area contributed by atoms with Gasteiger partial charge in [-0.3, -0.25) is 4.79 Å². The fraction of sp³-hybridized carbons (Fsp3) is 0.462. The van der Waals surface area contributed by atoms with Crippen molar-refractivity contribution in [2.45, 2.75) is 38.8 Å². The van der Waals surface area contributed by atoms with Crippen LogP contribution in [0.15, 0.2) is 24.3 Å². The van der Waals surface area contributed by atoms with E-state index in [2.05, 4.69) is 0 Å². The molecule has 0 unspecified atom stereocenters. The van der Waals surface area contributed by atoms with E-state index >= 15 is 0 Å². The molecule has 0 bridgehead atoms. The summed E-state index contributed by atoms with van der Waals surface area (Å²) < 4.78 is 5.21. The highest BCUT2D eigenvalue weighted by atomic mass is 35.5. The fourth-order valence-electron chi connectivity index (χ4n) is 1.34. The molecule has 4 heteroatoms. The second-order valence-corrected chi connectivity index (χ2v) is 5.41. The smallest absolute Gasteiger partial charge is 0.323 e. The molecule has 1 atom stereocenters. The molecule has 0 amide bonds. The third-order valence-electron chi connectivity index (χ3n) is 2.08. The summed E-state index contributed by atoms with van der Waals surface area (Å²) in [6.07, 6.45) is 0.450. The number of hydrogen-bond acceptors (Lipinski definition) is 3. The Labute approximate surface area is 107 Å². The summed E-state index contributed by atoms with van der Waals surface area (Å²) in [5.74, 6) is -0.382. The number of ether oxygens (including phenoxy) is 1. The molecule has 0 aliphatic heterocycles. The van der Waals surface area contributed by atoms with E-state index in [0.29, 0.717) is 11.4 Å². The minimum Gasteiger partial charge on any atom is -0.459 e. The van der Waals surface area contributed by atoms with Gasteiger partial charge in [0.1, 0.15) is 11.6 Å². The molecule has 0 saturated heterocycles. The monoisotopic (exact) mass is 255 g/mol. The van der Waals surface area contributed by atoms with Gasteiger partial charge < -0.3 is 10.5 Å². The highest BCUT2D eigenvalue weighted by Gasteiger charge is 2.22. The van der Waals surface area contributed by atoms with E-state index in [-0.39, 0.29) is 5.97 Å². The Morgan fingerprint density at radius 3 is 2.35 bits per heavy atom. The molecular formula is C13H18ClNO2. The molecule has 0 heterocycles. The summed E-state index contributed by atoms with van der Waals surface area (Å²) in [7, 11) is 0. The minimum absolute atomic E-state index is 0.382. The maximum Gasteiger partial charge on any atom is 0.323 e. The van der Waals surface area contributed by atoms with Gasteiger partial charge in [-0.1, -0.05) is 23.7 Å². The van der Waals surface area contributed by atoms with Crippen LogP contribution in [0.5, 0.6) is 0 Å². The SMILES string of the molecule is CC(C)(C)OC(=O)[C@@H](N)Cc1ccc(Cl)cc1. The van der Waals surface area contributed by atoms with Crippen LogP contribution in [0.2, 0.25) is 5.02 Å². The molecule has 1 aromatic rings. The Bertz CT molecular complexity index is 381. The van der Waals surface area contributed by atoms with Crippen LogP contribution in [0.25, 0.3) is 0 Å². The zero-order valence-electron chi connectivity index (χ0n) is 10.4. The van der Waals surface area contributed by atoms with E-state index in [1.165, 1.54) is 0 Å². The number of esters is 1. The molecule has 0 saturated carbocycles. The Morgan fingerprint density at radius 2 is 1.88 bits per heavy atom. The van der Waals surface area contributed by atoms with E-state index in [1.54, 1.807) is 12.1 Å². The lowest BCUT2D eigenvalue weighted by Crippen LogP contribution is -2.38. The zero-order valence-corrected chi connectivity index (χ0v) is 11.1. The largest absolute Gasteiger partial charge is 0.459 e. The van der Waals surface area contributed by atoms with Gasteiger partial charge in [-0.15, -0.1) is 0 Å². The molecule has 1 rings (SSSR count). The van der Waals surface area contributed by atoms with Crippen LogP contribution in [-0.2, 0) is 16.0 Å². The van der Waals surface area contributed by atoms with Crippen molar-refractivity contribution in [3.63, 3.8) is 0 Å². The summed E-state index contributed by atoms with van der Waals surface area (Å²) in [6.45, 7) is 5.46. The van der Waals surface area contributed by atoms with Gasteiger partial charge in [0.25, 0.3) is 0 Å². The lowest BCUT2D eigenvalue weighted by atomic mass is 10.1. The van der Waals surface area contributed by atoms with Crippen molar-refractivity contribution in [1.29, 1.82) is 0 Å². The molecule has 0 aromatic heterocycles. The molecule has 0 aliphatic rings. The first-order valence-corrected chi connectivity index (χ1v) is 5.88. The Morgan fingerprint density at radius 1 is 1.35 bits per heavy atom. The van der Waals surface area contributed by atoms with Crippen molar-refractivity contribution in [2.24, 2.45) is 5.73 Å². The van der Waals surface area contributed by atoms with E-state index in [1.807, 2.05) is 32.9 Å². The van der Waals surface area contributed by atoms with Crippen LogP contribution < -0.4 is 5.73 Å². The number of hydrogen-bond donors (Lipinski definition) is 1. The summed E-state index contributed by atoms with van der Waals surface area (Å²) >= 11 is 5.78. The number of carbonyl (C=O) groups excluding carboxylic acids is 1. The van der Waals surface area contributed by atoms with Gasteiger partial charge >= 0.3 is 5.97 Å². The average Bonchev–Trinajstić information content (AvgIpc) is 2.19. The molecule has 94 valence electrons. The van der Waals surface area contributed by atoms with Crippen molar-refractivity contribution < 1.29 is 9.53 Å². The highest BCUT2D eigenvalue weighted by molar-refractivity contribution is 6.30. The first-order chi connectivity index (χ1) is 7.78. The first-order valence-electron chi connectivity index (χ1n) is 5.51. The molecule has 2 N–H and O–H groups in total. The number of carbonyl (C=O) groups is 1. The van der Waals surface area contributed by atoms with Crippen LogP contribution in [0, 0.1) is 0 Å². The maximum atomic E-state index is 11.7. The number of benzene rings is 1. The third kappa shape index (κ3) is 5.20. The number of nitrogens with two attached hydrogens (primary N) is 1. The van der Waals surface area contributed by atoms with Gasteiger partial charge in [-0.2, -0.15) is 0 Å². The summed E-state index contributed by atoms with van der Waals surface area (Å²) in [6, 6.07) is 6.62. The van der Waals surface area contributed by atoms with Crippen molar-refractivity contribution in [1.82, 2.24) is 0 Å². The number of halogens is 1. The normalized spacial score (nSPS) is 13.2. The average molecular weight is 256 g/mol. The van der Waals surface area contributed by atoms with E-state index in [4.69, 9.17) is 22.1 Å². The molecule has 0 aliphatic carbocycles. The summed E-state index contributed by atoms with van der Waals surface area (Å²) in [5, 5.41) is 0.666. The van der Waals surface area contributed by atoms with Gasteiger partial charge in [0.05, 0.1) is 0 Å². The molecule has 3 nitrogen and oxygen atoms in total. The third-order valence-corrected chi connectivity index (χ3v) is 2.33. The first kappa shape index (κ1) is 14.0. The van der Waals surface area contributed by atoms with Gasteiger partial charge in [0.15, 0.2) is 0 Å². The second-order valence-electron chi connectivity index (χ2n) is 4.97. The molecule has 0 radical (unpaired) electrons. The van der Waals surface area contributed by atoms with Crippen LogP contribution in [0.3, 0.4) is 0 Å². The Balaban J connectivity index is 2.57. The van der Waals surface area contributed by atoms with Gasteiger partial charge in [0.2, 0.25) is 0 Å². The van der Waals surface area contributed by atoms with Crippen molar-refractivity contribution >= 4 is 17.6 Å². The predicted molar refractivity (Wildman–Crippen MR) is 69.0 cm³/mol. The lowest BCUT2D eigenvalue weighted by molar-refractivity contribution is -0.156. The van der Waals surface area contributed by atoms with Crippen molar-refractivity contribution in [3.8, 4) is 0 Å². The quantitative estimate of drug-likeness (QED) is 0.845. The zero-order chi connectivity index (χ0) is 13.1. The van der Waals surface area contributed by atoms with E-state index in [0.717, 1.165) is 5.56 Å². The lowest BCUT2D eigenvalue weighted by Gasteiger charge is -2.22. The van der Waals surface area contributed by atoms with E-state index in [9.17, 15) is 4.79 Å². The van der Waals surface area contributed by atoms with Crippen LogP contribution in [0.4, 0.5) is 0 Å². The molecule has 1 aromatic carbocycles. The minimum atomic E-state index is -0.643. The maximum absolute atomic E-state index is 11.7. The topological polar surface area (TPSA) is 52.3 Å². The molecular weight excluding hydrogens is 238 g/mol. The second kappa shape index (κ2) is 5.52. The van der Waals surface area contributed by atoms with Crippen molar-refractivity contribution in [3.05, 3.63) is 34.9 Å². The summed E-state index contributed by atoms with van der Waals surface area (Å²) in [5.41, 5.74) is 6.25. The molecule has 0 spiro atoms. The van der Waals surface area contributed by atoms with Gasteiger partial charge in [-0.05, 0) is 44.9 Å². The number of rotatable bonds is 3. The Hall–Kier alpha value is -1.06. The molecule has 17 heavy (non-hydrogen) atoms. The fourth-order valence-corrected chi connectivity index (χ4v) is 1.46.